The number of carbonyl (C=O) groups is 1. The zero-order valence-corrected chi connectivity index (χ0v) is 10.6. The fraction of sp³-hybridized carbons (Fsp3) is 0.538. The Bertz CT molecular complexity index is 360. The van der Waals surface area contributed by atoms with Crippen molar-refractivity contribution in [2.45, 2.75) is 39.8 Å². The minimum Gasteiger partial charge on any atom is -0.478 e. The fourth-order valence-corrected chi connectivity index (χ4v) is 1.72. The molecule has 1 rings (SSSR count). The van der Waals surface area contributed by atoms with E-state index in [1.165, 1.54) is 6.20 Å². The summed E-state index contributed by atoms with van der Waals surface area (Å²) in [5.74, 6) is -0.273. The number of hydrogen-bond donors (Lipinski definition) is 2. The SMILES string of the molecule is CC(C)CC(C)NCc1ccc(C(=O)O)cn1. The van der Waals surface area contributed by atoms with Crippen molar-refractivity contribution in [3.63, 3.8) is 0 Å². The van der Waals surface area contributed by atoms with E-state index in [0.29, 0.717) is 18.5 Å². The van der Waals surface area contributed by atoms with E-state index in [-0.39, 0.29) is 5.56 Å². The molecule has 2 N–H and O–H groups in total. The smallest absolute Gasteiger partial charge is 0.337 e. The lowest BCUT2D eigenvalue weighted by Crippen LogP contribution is -2.27. The Labute approximate surface area is 102 Å². The molecule has 4 heteroatoms. The predicted molar refractivity (Wildman–Crippen MR) is 67.0 cm³/mol. The van der Waals surface area contributed by atoms with Crippen molar-refractivity contribution in [2.24, 2.45) is 5.92 Å². The average molecular weight is 236 g/mol. The number of aromatic carboxylic acids is 1. The molecule has 17 heavy (non-hydrogen) atoms. The summed E-state index contributed by atoms with van der Waals surface area (Å²) in [4.78, 5) is 14.8. The van der Waals surface area contributed by atoms with Crippen molar-refractivity contribution in [2.75, 3.05) is 0 Å². The molecule has 0 bridgehead atoms. The minimum atomic E-state index is -0.940. The molecule has 0 aliphatic heterocycles. The lowest BCUT2D eigenvalue weighted by atomic mass is 10.1. The normalized spacial score (nSPS) is 12.7. The molecule has 0 radical (unpaired) electrons. The Hall–Kier alpha value is -1.42. The van der Waals surface area contributed by atoms with Crippen LogP contribution >= 0.6 is 0 Å². The van der Waals surface area contributed by atoms with Gasteiger partial charge in [-0.1, -0.05) is 13.8 Å². The van der Waals surface area contributed by atoms with Crippen LogP contribution in [0.2, 0.25) is 0 Å². The molecule has 1 heterocycles. The number of nitrogens with one attached hydrogen (secondary N) is 1. The number of hydrogen-bond acceptors (Lipinski definition) is 3. The molecule has 1 aromatic rings. The fourth-order valence-electron chi connectivity index (χ4n) is 1.72. The van der Waals surface area contributed by atoms with E-state index < -0.39 is 5.97 Å². The zero-order chi connectivity index (χ0) is 12.8. The van der Waals surface area contributed by atoms with Crippen LogP contribution in [-0.4, -0.2) is 22.1 Å². The maximum Gasteiger partial charge on any atom is 0.337 e. The molecule has 0 saturated carbocycles. The van der Waals surface area contributed by atoms with Gasteiger partial charge in [0.05, 0.1) is 11.3 Å². The molecule has 0 fully saturated rings. The van der Waals surface area contributed by atoms with Crippen molar-refractivity contribution in [3.05, 3.63) is 29.6 Å². The number of carboxylic acids is 1. The highest BCUT2D eigenvalue weighted by Gasteiger charge is 2.06. The third kappa shape index (κ3) is 4.95. The Morgan fingerprint density at radius 1 is 1.41 bits per heavy atom. The summed E-state index contributed by atoms with van der Waals surface area (Å²) in [5.41, 5.74) is 1.09. The summed E-state index contributed by atoms with van der Waals surface area (Å²) in [6.07, 6.45) is 2.51. The summed E-state index contributed by atoms with van der Waals surface area (Å²) in [7, 11) is 0. The highest BCUT2D eigenvalue weighted by Crippen LogP contribution is 2.05. The molecule has 0 aliphatic carbocycles. The average Bonchev–Trinajstić information content (AvgIpc) is 2.26. The second kappa shape index (κ2) is 6.35. The van der Waals surface area contributed by atoms with E-state index in [0.717, 1.165) is 12.1 Å². The molecule has 4 nitrogen and oxygen atoms in total. The van der Waals surface area contributed by atoms with Gasteiger partial charge >= 0.3 is 5.97 Å². The molecule has 0 saturated heterocycles. The Morgan fingerprint density at radius 2 is 2.12 bits per heavy atom. The number of carboxylic acid groups (broad SMARTS) is 1. The van der Waals surface area contributed by atoms with E-state index in [9.17, 15) is 4.79 Å². The summed E-state index contributed by atoms with van der Waals surface area (Å²) >= 11 is 0. The largest absolute Gasteiger partial charge is 0.478 e. The Kier molecular flexibility index (Phi) is 5.10. The van der Waals surface area contributed by atoms with Crippen LogP contribution in [0.15, 0.2) is 18.3 Å². The first-order valence-corrected chi connectivity index (χ1v) is 5.90. The van der Waals surface area contributed by atoms with E-state index in [2.05, 4.69) is 31.1 Å². The number of pyridine rings is 1. The van der Waals surface area contributed by atoms with E-state index >= 15 is 0 Å². The zero-order valence-electron chi connectivity index (χ0n) is 10.6. The molecule has 0 spiro atoms. The van der Waals surface area contributed by atoms with Crippen molar-refractivity contribution in [1.82, 2.24) is 10.3 Å². The highest BCUT2D eigenvalue weighted by atomic mass is 16.4. The van der Waals surface area contributed by atoms with Gasteiger partial charge in [0.1, 0.15) is 0 Å². The van der Waals surface area contributed by atoms with Crippen LogP contribution in [0.1, 0.15) is 43.2 Å². The third-order valence-corrected chi connectivity index (χ3v) is 2.53. The van der Waals surface area contributed by atoms with Gasteiger partial charge in [0.15, 0.2) is 0 Å². The standard InChI is InChI=1S/C13H20N2O2/c1-9(2)6-10(3)14-8-12-5-4-11(7-15-12)13(16)17/h4-5,7,9-10,14H,6,8H2,1-3H3,(H,16,17). The molecule has 1 unspecified atom stereocenters. The van der Waals surface area contributed by atoms with Crippen LogP contribution in [0, 0.1) is 5.92 Å². The van der Waals surface area contributed by atoms with Gasteiger partial charge in [-0.25, -0.2) is 4.79 Å². The van der Waals surface area contributed by atoms with Crippen LogP contribution in [-0.2, 0) is 6.54 Å². The molecule has 1 atom stereocenters. The van der Waals surface area contributed by atoms with E-state index in [4.69, 9.17) is 5.11 Å². The first-order valence-electron chi connectivity index (χ1n) is 5.90. The van der Waals surface area contributed by atoms with Crippen LogP contribution in [0.5, 0.6) is 0 Å². The summed E-state index contributed by atoms with van der Waals surface area (Å²) in [6.45, 7) is 7.20. The Morgan fingerprint density at radius 3 is 2.59 bits per heavy atom. The molecule has 0 amide bonds. The van der Waals surface area contributed by atoms with Crippen molar-refractivity contribution in [1.29, 1.82) is 0 Å². The molecule has 94 valence electrons. The highest BCUT2D eigenvalue weighted by molar-refractivity contribution is 5.87. The van der Waals surface area contributed by atoms with Gasteiger partial charge in [0.2, 0.25) is 0 Å². The first-order chi connectivity index (χ1) is 7.99. The number of aromatic nitrogens is 1. The third-order valence-electron chi connectivity index (χ3n) is 2.53. The van der Waals surface area contributed by atoms with Crippen LogP contribution < -0.4 is 5.32 Å². The molecule has 0 aliphatic rings. The van der Waals surface area contributed by atoms with Gasteiger partial charge in [-0.3, -0.25) is 4.98 Å². The summed E-state index contributed by atoms with van der Waals surface area (Å²) < 4.78 is 0. The monoisotopic (exact) mass is 236 g/mol. The van der Waals surface area contributed by atoms with Crippen LogP contribution in [0.3, 0.4) is 0 Å². The van der Waals surface area contributed by atoms with Crippen LogP contribution in [0.25, 0.3) is 0 Å². The van der Waals surface area contributed by atoms with Gasteiger partial charge < -0.3 is 10.4 Å². The van der Waals surface area contributed by atoms with E-state index in [1.807, 2.05) is 0 Å². The lowest BCUT2D eigenvalue weighted by molar-refractivity contribution is 0.0696. The molecule has 1 aromatic heterocycles. The van der Waals surface area contributed by atoms with Gasteiger partial charge in [-0.05, 0) is 31.4 Å². The van der Waals surface area contributed by atoms with Gasteiger partial charge in [-0.15, -0.1) is 0 Å². The Balaban J connectivity index is 2.44. The molecular weight excluding hydrogens is 216 g/mol. The maximum absolute atomic E-state index is 10.6. The molecular formula is C13H20N2O2. The topological polar surface area (TPSA) is 62.2 Å². The minimum absolute atomic E-state index is 0.226. The van der Waals surface area contributed by atoms with Crippen LogP contribution in [0.4, 0.5) is 0 Å². The van der Waals surface area contributed by atoms with Gasteiger partial charge in [0, 0.05) is 18.8 Å². The summed E-state index contributed by atoms with van der Waals surface area (Å²) in [6, 6.07) is 3.77. The van der Waals surface area contributed by atoms with Crippen molar-refractivity contribution < 1.29 is 9.90 Å². The van der Waals surface area contributed by atoms with Crippen molar-refractivity contribution in [3.8, 4) is 0 Å². The first kappa shape index (κ1) is 13.6. The van der Waals surface area contributed by atoms with Crippen molar-refractivity contribution >= 4 is 5.97 Å². The molecule has 0 aromatic carbocycles. The number of nitrogens with zero attached hydrogens (tertiary/aromatic N) is 1. The predicted octanol–water partition coefficient (Wildman–Crippen LogP) is 2.30. The quantitative estimate of drug-likeness (QED) is 0.795. The second-order valence-corrected chi connectivity index (χ2v) is 4.75. The second-order valence-electron chi connectivity index (χ2n) is 4.75. The van der Waals surface area contributed by atoms with Gasteiger partial charge in [-0.2, -0.15) is 0 Å². The number of rotatable bonds is 6. The van der Waals surface area contributed by atoms with E-state index in [1.54, 1.807) is 12.1 Å². The maximum atomic E-state index is 10.6. The lowest BCUT2D eigenvalue weighted by Gasteiger charge is -2.15. The summed E-state index contributed by atoms with van der Waals surface area (Å²) in [5, 5.41) is 12.1. The van der Waals surface area contributed by atoms with Gasteiger partial charge in [0.25, 0.3) is 0 Å².